The summed E-state index contributed by atoms with van der Waals surface area (Å²) in [6.45, 7) is 12.3. The molecule has 2 heteroatoms. The molecule has 0 atom stereocenters. The van der Waals surface area contributed by atoms with Gasteiger partial charge in [0.05, 0.1) is 0 Å². The van der Waals surface area contributed by atoms with Gasteiger partial charge in [-0.15, -0.1) is 0 Å². The van der Waals surface area contributed by atoms with Crippen molar-refractivity contribution in [1.82, 2.24) is 9.80 Å². The number of unbranched alkanes of at least 4 members (excludes halogenated alkanes) is 12. The third-order valence-electron chi connectivity index (χ3n) is 5.90. The standard InChI is InChI=1S/C24H48N2/c1-3-5-6-7-8-9-10-11-12-13-14-15-16-17-18-19-20-26-23-21-25(4-2)22-24-26/h11-12H,3-10,13-24H2,1-2H3/b12-11+. The van der Waals surface area contributed by atoms with E-state index in [1.165, 1.54) is 129 Å². The van der Waals surface area contributed by atoms with E-state index >= 15 is 0 Å². The highest BCUT2D eigenvalue weighted by atomic mass is 15.3. The average Bonchev–Trinajstić information content (AvgIpc) is 2.68. The van der Waals surface area contributed by atoms with E-state index in [2.05, 4.69) is 35.8 Å². The van der Waals surface area contributed by atoms with Crippen molar-refractivity contribution in [2.24, 2.45) is 0 Å². The molecule has 0 spiro atoms. The normalized spacial score (nSPS) is 16.7. The molecule has 0 radical (unpaired) electrons. The van der Waals surface area contributed by atoms with Crippen LogP contribution in [0.3, 0.4) is 0 Å². The van der Waals surface area contributed by atoms with Gasteiger partial charge in [-0.25, -0.2) is 0 Å². The lowest BCUT2D eigenvalue weighted by molar-refractivity contribution is 0.135. The summed E-state index contributed by atoms with van der Waals surface area (Å²) in [5, 5.41) is 0. The Hall–Kier alpha value is -0.340. The van der Waals surface area contributed by atoms with Gasteiger partial charge in [-0.1, -0.05) is 83.8 Å². The topological polar surface area (TPSA) is 6.48 Å². The molecule has 0 unspecified atom stereocenters. The van der Waals surface area contributed by atoms with Crippen LogP contribution in [-0.2, 0) is 0 Å². The minimum absolute atomic E-state index is 1.22. The molecule has 1 aliphatic heterocycles. The monoisotopic (exact) mass is 364 g/mol. The number of rotatable bonds is 17. The summed E-state index contributed by atoms with van der Waals surface area (Å²) in [5.41, 5.74) is 0. The van der Waals surface area contributed by atoms with E-state index in [0.717, 1.165) is 0 Å². The Bertz CT molecular complexity index is 305. The molecule has 0 bridgehead atoms. The Morgan fingerprint density at radius 1 is 0.538 bits per heavy atom. The van der Waals surface area contributed by atoms with Crippen molar-refractivity contribution in [2.45, 2.75) is 104 Å². The van der Waals surface area contributed by atoms with Crippen LogP contribution in [0.4, 0.5) is 0 Å². The summed E-state index contributed by atoms with van der Waals surface area (Å²) in [6, 6.07) is 0. The van der Waals surface area contributed by atoms with Crippen molar-refractivity contribution in [3.8, 4) is 0 Å². The molecule has 0 aromatic carbocycles. The highest BCUT2D eigenvalue weighted by Crippen LogP contribution is 2.11. The van der Waals surface area contributed by atoms with Gasteiger partial charge in [0, 0.05) is 26.2 Å². The van der Waals surface area contributed by atoms with Crippen molar-refractivity contribution in [3.05, 3.63) is 12.2 Å². The summed E-state index contributed by atoms with van der Waals surface area (Å²) in [4.78, 5) is 5.24. The zero-order valence-electron chi connectivity index (χ0n) is 18.2. The van der Waals surface area contributed by atoms with Gasteiger partial charge in [0.1, 0.15) is 0 Å². The smallest absolute Gasteiger partial charge is 0.0110 e. The molecule has 0 aromatic heterocycles. The molecule has 0 saturated carbocycles. The van der Waals surface area contributed by atoms with E-state index < -0.39 is 0 Å². The van der Waals surface area contributed by atoms with Crippen LogP contribution in [0, 0.1) is 0 Å². The molecule has 1 rings (SSSR count). The molecule has 1 saturated heterocycles. The van der Waals surface area contributed by atoms with E-state index in [1.807, 2.05) is 0 Å². The summed E-state index contributed by atoms with van der Waals surface area (Å²) in [6.07, 6.45) is 24.5. The molecular formula is C24H48N2. The first-order valence-electron chi connectivity index (χ1n) is 12.0. The summed E-state index contributed by atoms with van der Waals surface area (Å²) in [5.74, 6) is 0. The number of nitrogens with zero attached hydrogens (tertiary/aromatic N) is 2. The zero-order valence-corrected chi connectivity index (χ0v) is 18.2. The molecule has 0 aromatic rings. The maximum atomic E-state index is 2.67. The molecule has 2 nitrogen and oxygen atoms in total. The largest absolute Gasteiger partial charge is 0.301 e. The lowest BCUT2D eigenvalue weighted by Gasteiger charge is -2.33. The van der Waals surface area contributed by atoms with Crippen LogP contribution in [0.5, 0.6) is 0 Å². The van der Waals surface area contributed by atoms with Crippen molar-refractivity contribution in [2.75, 3.05) is 39.3 Å². The van der Waals surface area contributed by atoms with E-state index in [9.17, 15) is 0 Å². The average molecular weight is 365 g/mol. The van der Waals surface area contributed by atoms with Crippen molar-refractivity contribution in [1.29, 1.82) is 0 Å². The van der Waals surface area contributed by atoms with E-state index in [0.29, 0.717) is 0 Å². The van der Waals surface area contributed by atoms with Crippen LogP contribution < -0.4 is 0 Å². The Kier molecular flexibility index (Phi) is 16.4. The Balaban J connectivity index is 1.75. The van der Waals surface area contributed by atoms with Gasteiger partial charge >= 0.3 is 0 Å². The minimum Gasteiger partial charge on any atom is -0.301 e. The van der Waals surface area contributed by atoms with Gasteiger partial charge in [-0.2, -0.15) is 0 Å². The first-order valence-corrected chi connectivity index (χ1v) is 12.0. The van der Waals surface area contributed by atoms with Crippen LogP contribution >= 0.6 is 0 Å². The van der Waals surface area contributed by atoms with Crippen molar-refractivity contribution < 1.29 is 0 Å². The first kappa shape index (κ1) is 23.7. The number of hydrogen-bond donors (Lipinski definition) is 0. The van der Waals surface area contributed by atoms with Gasteiger partial charge in [-0.3, -0.25) is 0 Å². The Morgan fingerprint density at radius 2 is 1.00 bits per heavy atom. The minimum atomic E-state index is 1.22. The highest BCUT2D eigenvalue weighted by molar-refractivity contribution is 4.81. The van der Waals surface area contributed by atoms with Gasteiger partial charge in [0.2, 0.25) is 0 Å². The first-order chi connectivity index (χ1) is 12.9. The second kappa shape index (κ2) is 18.0. The van der Waals surface area contributed by atoms with Gasteiger partial charge in [0.25, 0.3) is 0 Å². The second-order valence-electron chi connectivity index (χ2n) is 8.21. The fourth-order valence-corrected chi connectivity index (χ4v) is 3.91. The van der Waals surface area contributed by atoms with Crippen LogP contribution in [0.1, 0.15) is 104 Å². The molecule has 1 aliphatic rings. The Labute approximate surface area is 165 Å². The van der Waals surface area contributed by atoms with E-state index in [1.54, 1.807) is 0 Å². The van der Waals surface area contributed by atoms with Crippen LogP contribution in [0.15, 0.2) is 12.2 Å². The molecule has 0 aliphatic carbocycles. The summed E-state index contributed by atoms with van der Waals surface area (Å²) >= 11 is 0. The molecule has 1 fully saturated rings. The molecule has 154 valence electrons. The van der Waals surface area contributed by atoms with Gasteiger partial charge in [0.15, 0.2) is 0 Å². The zero-order chi connectivity index (χ0) is 18.7. The number of piperazine rings is 1. The van der Waals surface area contributed by atoms with Crippen molar-refractivity contribution in [3.63, 3.8) is 0 Å². The summed E-state index contributed by atoms with van der Waals surface area (Å²) in [7, 11) is 0. The van der Waals surface area contributed by atoms with Crippen molar-refractivity contribution >= 4 is 0 Å². The maximum absolute atomic E-state index is 2.67. The number of allylic oxidation sites excluding steroid dienone is 2. The molecular weight excluding hydrogens is 316 g/mol. The Morgan fingerprint density at radius 3 is 1.54 bits per heavy atom. The summed E-state index contributed by atoms with van der Waals surface area (Å²) < 4.78 is 0. The van der Waals surface area contributed by atoms with E-state index in [4.69, 9.17) is 0 Å². The number of likely N-dealkylation sites (N-methyl/N-ethyl adjacent to an activating group) is 1. The fourth-order valence-electron chi connectivity index (χ4n) is 3.91. The molecule has 1 heterocycles. The lowest BCUT2D eigenvalue weighted by atomic mass is 10.1. The highest BCUT2D eigenvalue weighted by Gasteiger charge is 2.14. The van der Waals surface area contributed by atoms with Crippen LogP contribution in [0.25, 0.3) is 0 Å². The van der Waals surface area contributed by atoms with Crippen LogP contribution in [-0.4, -0.2) is 49.1 Å². The third-order valence-corrected chi connectivity index (χ3v) is 5.90. The van der Waals surface area contributed by atoms with Gasteiger partial charge in [-0.05, 0) is 45.2 Å². The van der Waals surface area contributed by atoms with Gasteiger partial charge < -0.3 is 9.80 Å². The quantitative estimate of drug-likeness (QED) is 0.210. The molecule has 26 heavy (non-hydrogen) atoms. The number of hydrogen-bond acceptors (Lipinski definition) is 2. The maximum Gasteiger partial charge on any atom is 0.0110 e. The molecule has 0 amide bonds. The predicted molar refractivity (Wildman–Crippen MR) is 118 cm³/mol. The van der Waals surface area contributed by atoms with E-state index in [-0.39, 0.29) is 0 Å². The second-order valence-corrected chi connectivity index (χ2v) is 8.21. The predicted octanol–water partition coefficient (Wildman–Crippen LogP) is 6.66. The third kappa shape index (κ3) is 13.8. The fraction of sp³-hybridized carbons (Fsp3) is 0.917. The lowest BCUT2D eigenvalue weighted by Crippen LogP contribution is -2.46. The molecule has 0 N–H and O–H groups in total. The SMILES string of the molecule is CCCCCCCC/C=C/CCCCCCCCN1CCN(CC)CC1. The van der Waals surface area contributed by atoms with Crippen LogP contribution in [0.2, 0.25) is 0 Å².